The van der Waals surface area contributed by atoms with Gasteiger partial charge in [0.25, 0.3) is 0 Å². The highest BCUT2D eigenvalue weighted by Gasteiger charge is 2.01. The van der Waals surface area contributed by atoms with Crippen LogP contribution in [0.3, 0.4) is 0 Å². The fourth-order valence-electron chi connectivity index (χ4n) is 2.07. The third-order valence-corrected chi connectivity index (χ3v) is 3.50. The van der Waals surface area contributed by atoms with Crippen molar-refractivity contribution in [3.63, 3.8) is 0 Å². The lowest BCUT2D eigenvalue weighted by Gasteiger charge is -2.11. The molecule has 112 valence electrons. The van der Waals surface area contributed by atoms with E-state index >= 15 is 0 Å². The van der Waals surface area contributed by atoms with Gasteiger partial charge in [0.15, 0.2) is 0 Å². The van der Waals surface area contributed by atoms with Gasteiger partial charge in [-0.05, 0) is 48.7 Å². The molecule has 0 saturated carbocycles. The van der Waals surface area contributed by atoms with Crippen LogP contribution in [-0.4, -0.2) is 13.2 Å². The molecule has 0 aliphatic rings. The molecule has 3 heteroatoms. The molecule has 21 heavy (non-hydrogen) atoms. The van der Waals surface area contributed by atoms with Gasteiger partial charge in [-0.15, -0.1) is 0 Å². The van der Waals surface area contributed by atoms with Crippen LogP contribution in [0.1, 0.15) is 23.1 Å². The zero-order valence-electron chi connectivity index (χ0n) is 12.8. The Morgan fingerprint density at radius 2 is 1.71 bits per heavy atom. The second-order valence-corrected chi connectivity index (χ2v) is 5.10. The Morgan fingerprint density at radius 3 is 2.52 bits per heavy atom. The molecule has 0 spiro atoms. The van der Waals surface area contributed by atoms with Crippen LogP contribution in [0.15, 0.2) is 42.5 Å². The van der Waals surface area contributed by atoms with Gasteiger partial charge in [-0.2, -0.15) is 0 Å². The van der Waals surface area contributed by atoms with E-state index in [1.165, 1.54) is 11.1 Å². The summed E-state index contributed by atoms with van der Waals surface area (Å²) in [6, 6.07) is 14.0. The Morgan fingerprint density at radius 1 is 0.952 bits per heavy atom. The van der Waals surface area contributed by atoms with E-state index in [1.807, 2.05) is 36.4 Å². The highest BCUT2D eigenvalue weighted by atomic mass is 16.5. The van der Waals surface area contributed by atoms with Crippen LogP contribution >= 0.6 is 0 Å². The predicted molar refractivity (Wildman–Crippen MR) is 85.9 cm³/mol. The topological polar surface area (TPSA) is 44.5 Å². The van der Waals surface area contributed by atoms with E-state index in [0.29, 0.717) is 19.8 Å². The summed E-state index contributed by atoms with van der Waals surface area (Å²) in [5.74, 6) is 1.82. The van der Waals surface area contributed by atoms with E-state index in [-0.39, 0.29) is 0 Å². The lowest BCUT2D eigenvalue weighted by atomic mass is 10.1. The van der Waals surface area contributed by atoms with Crippen molar-refractivity contribution in [2.24, 2.45) is 5.73 Å². The molecule has 0 aromatic heterocycles. The van der Waals surface area contributed by atoms with Crippen LogP contribution in [0.5, 0.6) is 11.5 Å². The van der Waals surface area contributed by atoms with Crippen LogP contribution in [0, 0.1) is 13.8 Å². The van der Waals surface area contributed by atoms with Gasteiger partial charge in [0, 0.05) is 13.0 Å². The van der Waals surface area contributed by atoms with Crippen molar-refractivity contribution in [2.45, 2.75) is 26.8 Å². The van der Waals surface area contributed by atoms with E-state index in [2.05, 4.69) is 19.9 Å². The first-order valence-electron chi connectivity index (χ1n) is 7.31. The first kappa shape index (κ1) is 15.4. The van der Waals surface area contributed by atoms with Crippen molar-refractivity contribution in [3.8, 4) is 11.5 Å². The maximum Gasteiger partial charge on any atom is 0.122 e. The molecular formula is C18H23NO2. The molecule has 0 radical (unpaired) electrons. The van der Waals surface area contributed by atoms with Gasteiger partial charge in [-0.25, -0.2) is 0 Å². The first-order chi connectivity index (χ1) is 10.2. The highest BCUT2D eigenvalue weighted by molar-refractivity contribution is 5.38. The van der Waals surface area contributed by atoms with E-state index in [0.717, 1.165) is 23.5 Å². The second-order valence-electron chi connectivity index (χ2n) is 5.10. The van der Waals surface area contributed by atoms with Crippen molar-refractivity contribution in [2.75, 3.05) is 13.2 Å². The average Bonchev–Trinajstić information content (AvgIpc) is 2.51. The molecule has 0 amide bonds. The molecule has 0 atom stereocenters. The minimum Gasteiger partial charge on any atom is -0.493 e. The summed E-state index contributed by atoms with van der Waals surface area (Å²) >= 11 is 0. The Labute approximate surface area is 126 Å². The maximum atomic E-state index is 5.80. The van der Waals surface area contributed by atoms with Crippen molar-refractivity contribution in [3.05, 3.63) is 59.2 Å². The molecule has 0 aliphatic heterocycles. The van der Waals surface area contributed by atoms with Gasteiger partial charge < -0.3 is 15.2 Å². The molecule has 2 aromatic carbocycles. The molecule has 2 aromatic rings. The van der Waals surface area contributed by atoms with Crippen molar-refractivity contribution < 1.29 is 9.47 Å². The van der Waals surface area contributed by atoms with E-state index in [4.69, 9.17) is 15.2 Å². The third kappa shape index (κ3) is 4.50. The predicted octanol–water partition coefficient (Wildman–Crippen LogP) is 3.61. The van der Waals surface area contributed by atoms with E-state index in [1.54, 1.807) is 0 Å². The van der Waals surface area contributed by atoms with E-state index in [9.17, 15) is 0 Å². The number of nitrogens with two attached hydrogens (primary N) is 1. The minimum absolute atomic E-state index is 0.535. The van der Waals surface area contributed by atoms with Gasteiger partial charge in [0.1, 0.15) is 11.5 Å². The van der Waals surface area contributed by atoms with Crippen LogP contribution in [0.2, 0.25) is 0 Å². The standard InChI is InChI=1S/C18H23NO2/c1-14-6-3-9-18(15(14)2)21-11-5-10-20-17-8-4-7-16(12-17)13-19/h3-4,6-9,12H,5,10-11,13,19H2,1-2H3. The Kier molecular flexibility index (Phi) is 5.64. The molecular weight excluding hydrogens is 262 g/mol. The van der Waals surface area contributed by atoms with Crippen LogP contribution in [0.4, 0.5) is 0 Å². The van der Waals surface area contributed by atoms with Crippen LogP contribution in [0.25, 0.3) is 0 Å². The van der Waals surface area contributed by atoms with Gasteiger partial charge in [-0.1, -0.05) is 24.3 Å². The summed E-state index contributed by atoms with van der Waals surface area (Å²) < 4.78 is 11.5. The van der Waals surface area contributed by atoms with Gasteiger partial charge in [0.2, 0.25) is 0 Å². The van der Waals surface area contributed by atoms with Crippen molar-refractivity contribution in [1.29, 1.82) is 0 Å². The van der Waals surface area contributed by atoms with Crippen LogP contribution < -0.4 is 15.2 Å². The zero-order chi connectivity index (χ0) is 15.1. The fourth-order valence-corrected chi connectivity index (χ4v) is 2.07. The number of ether oxygens (including phenoxy) is 2. The largest absolute Gasteiger partial charge is 0.493 e. The smallest absolute Gasteiger partial charge is 0.122 e. The molecule has 0 unspecified atom stereocenters. The Hall–Kier alpha value is -2.00. The molecule has 0 aliphatic carbocycles. The number of rotatable bonds is 7. The Balaban J connectivity index is 1.73. The highest BCUT2D eigenvalue weighted by Crippen LogP contribution is 2.20. The summed E-state index contributed by atoms with van der Waals surface area (Å²) in [5.41, 5.74) is 9.15. The lowest BCUT2D eigenvalue weighted by Crippen LogP contribution is -2.06. The number of aryl methyl sites for hydroxylation is 1. The molecule has 3 nitrogen and oxygen atoms in total. The van der Waals surface area contributed by atoms with Gasteiger partial charge in [0.05, 0.1) is 13.2 Å². The first-order valence-corrected chi connectivity index (χ1v) is 7.31. The van der Waals surface area contributed by atoms with Crippen molar-refractivity contribution in [1.82, 2.24) is 0 Å². The molecule has 0 bridgehead atoms. The Bertz CT molecular complexity index is 581. The molecule has 0 fully saturated rings. The van der Waals surface area contributed by atoms with Crippen molar-refractivity contribution >= 4 is 0 Å². The monoisotopic (exact) mass is 285 g/mol. The molecule has 0 heterocycles. The fraction of sp³-hybridized carbons (Fsp3) is 0.333. The lowest BCUT2D eigenvalue weighted by molar-refractivity contribution is 0.246. The number of hydrogen-bond acceptors (Lipinski definition) is 3. The summed E-state index contributed by atoms with van der Waals surface area (Å²) in [7, 11) is 0. The molecule has 2 rings (SSSR count). The normalized spacial score (nSPS) is 10.4. The van der Waals surface area contributed by atoms with Gasteiger partial charge in [-0.3, -0.25) is 0 Å². The summed E-state index contributed by atoms with van der Waals surface area (Å²) in [4.78, 5) is 0. The average molecular weight is 285 g/mol. The quantitative estimate of drug-likeness (QED) is 0.790. The number of benzene rings is 2. The summed E-state index contributed by atoms with van der Waals surface area (Å²) in [6.07, 6.45) is 0.847. The summed E-state index contributed by atoms with van der Waals surface area (Å²) in [6.45, 7) is 6.00. The van der Waals surface area contributed by atoms with Crippen LogP contribution in [-0.2, 0) is 6.54 Å². The SMILES string of the molecule is Cc1cccc(OCCCOc2cccc(CN)c2)c1C. The number of hydrogen-bond donors (Lipinski definition) is 1. The molecule has 2 N–H and O–H groups in total. The third-order valence-electron chi connectivity index (χ3n) is 3.50. The second kappa shape index (κ2) is 7.70. The zero-order valence-corrected chi connectivity index (χ0v) is 12.8. The maximum absolute atomic E-state index is 5.80. The minimum atomic E-state index is 0.535. The molecule has 0 saturated heterocycles. The summed E-state index contributed by atoms with van der Waals surface area (Å²) in [5, 5.41) is 0. The van der Waals surface area contributed by atoms with E-state index < -0.39 is 0 Å². The van der Waals surface area contributed by atoms with Gasteiger partial charge >= 0.3 is 0 Å².